The van der Waals surface area contributed by atoms with E-state index in [0.717, 1.165) is 0 Å². The predicted molar refractivity (Wildman–Crippen MR) is 214 cm³/mol. The Balaban J connectivity index is 6.74. The number of rotatable bonds is 34. The van der Waals surface area contributed by atoms with E-state index in [0.29, 0.717) is 0 Å². The first-order valence-corrected chi connectivity index (χ1v) is 19.5. The molecule has 20 N–H and O–H groups in total. The first-order valence-electron chi connectivity index (χ1n) is 19.5. The summed E-state index contributed by atoms with van der Waals surface area (Å²) in [6, 6.07) is -15.9. The summed E-state index contributed by atoms with van der Waals surface area (Å²) >= 11 is 0. The Labute approximate surface area is 376 Å². The number of aliphatic hydroxyl groups is 1. The molecule has 0 rings (SSSR count). The van der Waals surface area contributed by atoms with Crippen molar-refractivity contribution < 1.29 is 108 Å². The molecular formula is C35H52N10O22. The quantitative estimate of drug-likeness (QED) is 0.0285. The summed E-state index contributed by atoms with van der Waals surface area (Å²) in [6.07, 6.45) is -9.68. The van der Waals surface area contributed by atoms with Crippen molar-refractivity contribution in [2.24, 2.45) is 17.2 Å². The van der Waals surface area contributed by atoms with Gasteiger partial charge in [0.15, 0.2) is 0 Å². The van der Waals surface area contributed by atoms with E-state index in [2.05, 4.69) is 5.32 Å². The fraction of sp³-hybridized carbons (Fsp3) is 0.571. The molecule has 8 atom stereocenters. The highest BCUT2D eigenvalue weighted by Gasteiger charge is 2.36. The van der Waals surface area contributed by atoms with Crippen LogP contribution in [0.2, 0.25) is 0 Å². The molecule has 0 aromatic rings. The van der Waals surface area contributed by atoms with Crippen LogP contribution in [0.25, 0.3) is 0 Å². The lowest BCUT2D eigenvalue weighted by molar-refractivity contribution is -0.144. The van der Waals surface area contributed by atoms with Crippen molar-refractivity contribution in [1.82, 2.24) is 37.2 Å². The minimum absolute atomic E-state index is 0.531. The number of carboxylic acid groups (broad SMARTS) is 6. The summed E-state index contributed by atoms with van der Waals surface area (Å²) in [7, 11) is 0. The molecule has 0 saturated heterocycles. The van der Waals surface area contributed by atoms with Gasteiger partial charge in [-0.1, -0.05) is 0 Å². The number of hydrogen-bond donors (Lipinski definition) is 17. The predicted octanol–water partition coefficient (Wildman–Crippen LogP) is -8.53. The molecule has 0 saturated carbocycles. The number of amides is 9. The van der Waals surface area contributed by atoms with Gasteiger partial charge in [-0.15, -0.1) is 0 Å². The summed E-state index contributed by atoms with van der Waals surface area (Å²) in [5.74, 6) is -22.2. The van der Waals surface area contributed by atoms with Gasteiger partial charge in [0.2, 0.25) is 53.2 Å². The summed E-state index contributed by atoms with van der Waals surface area (Å²) in [5.41, 5.74) is 15.6. The lowest BCUT2D eigenvalue weighted by atomic mass is 10.0. The molecule has 0 fully saturated rings. The third-order valence-corrected chi connectivity index (χ3v) is 8.73. The van der Waals surface area contributed by atoms with Crippen LogP contribution in [0.1, 0.15) is 70.6 Å². The molecule has 0 heterocycles. The van der Waals surface area contributed by atoms with Gasteiger partial charge in [0.25, 0.3) is 0 Å². The number of primary amides is 2. The van der Waals surface area contributed by atoms with Gasteiger partial charge in [-0.25, -0.2) is 4.79 Å². The number of carbonyl (C=O) groups excluding carboxylic acids is 9. The van der Waals surface area contributed by atoms with Crippen LogP contribution in [0.5, 0.6) is 0 Å². The van der Waals surface area contributed by atoms with Gasteiger partial charge in [0.1, 0.15) is 48.3 Å². The summed E-state index contributed by atoms with van der Waals surface area (Å²) in [6.45, 7) is -0.964. The number of carboxylic acids is 6. The third kappa shape index (κ3) is 24.6. The van der Waals surface area contributed by atoms with Crippen LogP contribution in [0, 0.1) is 0 Å². The maximum absolute atomic E-state index is 13.6. The second-order valence-electron chi connectivity index (χ2n) is 14.2. The van der Waals surface area contributed by atoms with E-state index in [-0.39, 0.29) is 0 Å². The van der Waals surface area contributed by atoms with Crippen LogP contribution in [0.15, 0.2) is 0 Å². The van der Waals surface area contributed by atoms with Crippen molar-refractivity contribution in [2.75, 3.05) is 6.61 Å². The molecule has 0 unspecified atom stereocenters. The summed E-state index contributed by atoms with van der Waals surface area (Å²) < 4.78 is 0. The highest BCUT2D eigenvalue weighted by Crippen LogP contribution is 2.09. The molecule has 9 amide bonds. The first kappa shape index (κ1) is 59.0. The zero-order valence-electron chi connectivity index (χ0n) is 35.1. The van der Waals surface area contributed by atoms with Crippen LogP contribution >= 0.6 is 0 Å². The normalized spacial score (nSPS) is 14.2. The SMILES string of the molecule is NC(=O)CC[C@H](NC(=O)[C@H](CCC(=O)O)NC(=O)[C@H](CCC(N)=O)NC(=O)[C@H](CC(=O)O)NC(=O)[C@H](CCC(=O)O)NC(=O)[C@H](CC(=O)O)NC(=O)[C@H](CC(=O)O)NC(=O)[C@@H](N)CO)C(=O)O. The van der Waals surface area contributed by atoms with Crippen molar-refractivity contribution >= 4 is 89.0 Å². The standard InChI is InChI=1S/C35H52N10O22/c36-13(12-46)28(59)43-18(9-25(53)54)34(65)45-20(11-27(57)58)33(64)41-16(4-8-24(51)52)31(62)44-19(10-26(55)56)32(63)40-14(1-5-21(37)47)29(60)39-15(3-7-23(49)50)30(61)42-17(35(66)67)2-6-22(38)48/h13-20,46H,1-12,36H2,(H2,37,47)(H2,38,48)(H,39,60)(H,40,63)(H,41,64)(H,42,61)(H,43,59)(H,44,62)(H,45,65)(H,49,50)(H,51,52)(H,53,54)(H,55,56)(H,57,58)(H,66,67)/t13-,14-,15-,16-,17-,18-,19-,20-/m0/s1. The van der Waals surface area contributed by atoms with Crippen LogP contribution in [-0.4, -0.2) is 180 Å². The Morgan fingerprint density at radius 1 is 0.343 bits per heavy atom. The Kier molecular flexibility index (Phi) is 25.9. The Bertz CT molecular complexity index is 1910. The lowest BCUT2D eigenvalue weighted by Gasteiger charge is -2.27. The topological polar surface area (TPSA) is 560 Å². The van der Waals surface area contributed by atoms with Gasteiger partial charge in [0.05, 0.1) is 25.9 Å². The van der Waals surface area contributed by atoms with Crippen molar-refractivity contribution in [3.63, 3.8) is 0 Å². The number of hydrogen-bond acceptors (Lipinski definition) is 17. The number of carbonyl (C=O) groups is 15. The van der Waals surface area contributed by atoms with Crippen molar-refractivity contribution in [2.45, 2.75) is 119 Å². The average molecular weight is 965 g/mol. The number of nitrogens with one attached hydrogen (secondary N) is 7. The highest BCUT2D eigenvalue weighted by atomic mass is 16.4. The second-order valence-corrected chi connectivity index (χ2v) is 14.2. The van der Waals surface area contributed by atoms with Gasteiger partial charge < -0.3 is 90.2 Å². The molecule has 0 aromatic carbocycles. The van der Waals surface area contributed by atoms with E-state index in [1.165, 1.54) is 0 Å². The average Bonchev–Trinajstić information content (AvgIpc) is 3.21. The fourth-order valence-electron chi connectivity index (χ4n) is 5.32. The number of aliphatic hydroxyl groups excluding tert-OH is 1. The second kappa shape index (κ2) is 29.4. The van der Waals surface area contributed by atoms with Gasteiger partial charge >= 0.3 is 35.8 Å². The molecule has 0 aliphatic heterocycles. The van der Waals surface area contributed by atoms with Gasteiger partial charge in [-0.2, -0.15) is 0 Å². The molecule has 0 radical (unpaired) electrons. The Morgan fingerprint density at radius 2 is 0.582 bits per heavy atom. The monoisotopic (exact) mass is 964 g/mol. The smallest absolute Gasteiger partial charge is 0.326 e. The molecule has 0 aromatic heterocycles. The summed E-state index contributed by atoms with van der Waals surface area (Å²) in [5, 5.41) is 78.9. The summed E-state index contributed by atoms with van der Waals surface area (Å²) in [4.78, 5) is 185. The number of nitrogens with two attached hydrogens (primary N) is 3. The Hall–Kier alpha value is -8.03. The number of aliphatic carboxylic acids is 6. The van der Waals surface area contributed by atoms with Crippen molar-refractivity contribution in [1.29, 1.82) is 0 Å². The first-order chi connectivity index (χ1) is 31.1. The molecule has 0 aliphatic rings. The van der Waals surface area contributed by atoms with Crippen molar-refractivity contribution in [3.05, 3.63) is 0 Å². The van der Waals surface area contributed by atoms with E-state index in [4.69, 9.17) is 22.3 Å². The molecule has 67 heavy (non-hydrogen) atoms. The van der Waals surface area contributed by atoms with Crippen LogP contribution < -0.4 is 54.4 Å². The molecule has 0 bridgehead atoms. The minimum Gasteiger partial charge on any atom is -0.481 e. The van der Waals surface area contributed by atoms with E-state index in [9.17, 15) is 103 Å². The zero-order chi connectivity index (χ0) is 51.7. The lowest BCUT2D eigenvalue weighted by Crippen LogP contribution is -2.60. The highest BCUT2D eigenvalue weighted by molar-refractivity contribution is 6.00. The Morgan fingerprint density at radius 3 is 0.836 bits per heavy atom. The molecule has 32 nitrogen and oxygen atoms in total. The van der Waals surface area contributed by atoms with Gasteiger partial charge in [-0.3, -0.25) is 67.1 Å². The van der Waals surface area contributed by atoms with Crippen LogP contribution in [0.3, 0.4) is 0 Å². The van der Waals surface area contributed by atoms with Crippen molar-refractivity contribution in [3.8, 4) is 0 Å². The fourth-order valence-corrected chi connectivity index (χ4v) is 5.32. The van der Waals surface area contributed by atoms with E-state index in [1.807, 2.05) is 31.9 Å². The van der Waals surface area contributed by atoms with E-state index in [1.54, 1.807) is 0 Å². The van der Waals surface area contributed by atoms with E-state index >= 15 is 0 Å². The molecule has 0 aliphatic carbocycles. The van der Waals surface area contributed by atoms with Crippen LogP contribution in [0.4, 0.5) is 0 Å². The molecular weight excluding hydrogens is 912 g/mol. The largest absolute Gasteiger partial charge is 0.481 e. The minimum atomic E-state index is -2.26. The third-order valence-electron chi connectivity index (χ3n) is 8.73. The molecule has 0 spiro atoms. The van der Waals surface area contributed by atoms with Crippen LogP contribution in [-0.2, 0) is 71.9 Å². The zero-order valence-corrected chi connectivity index (χ0v) is 35.1. The molecule has 32 heteroatoms. The maximum Gasteiger partial charge on any atom is 0.326 e. The van der Waals surface area contributed by atoms with Gasteiger partial charge in [0, 0.05) is 25.7 Å². The van der Waals surface area contributed by atoms with Gasteiger partial charge in [-0.05, 0) is 25.7 Å². The maximum atomic E-state index is 13.6. The van der Waals surface area contributed by atoms with E-state index < -0.39 is 215 Å². The molecule has 374 valence electrons.